The van der Waals surface area contributed by atoms with Gasteiger partial charge in [0.2, 0.25) is 5.91 Å². The van der Waals surface area contributed by atoms with Crippen molar-refractivity contribution in [2.75, 3.05) is 6.54 Å². The molecule has 0 atom stereocenters. The summed E-state index contributed by atoms with van der Waals surface area (Å²) in [6.07, 6.45) is 2.49. The number of nitrogens with zero attached hydrogens (tertiary/aromatic N) is 2. The smallest absolute Gasteiger partial charge is 0.221 e. The van der Waals surface area contributed by atoms with Crippen LogP contribution in [0.25, 0.3) is 0 Å². The van der Waals surface area contributed by atoms with E-state index < -0.39 is 0 Å². The second-order valence-corrected chi connectivity index (χ2v) is 5.64. The van der Waals surface area contributed by atoms with Crippen LogP contribution in [-0.2, 0) is 18.4 Å². The van der Waals surface area contributed by atoms with Gasteiger partial charge in [0.25, 0.3) is 0 Å². The molecule has 1 rings (SSSR count). The highest BCUT2D eigenvalue weighted by Gasteiger charge is 2.12. The zero-order valence-corrected chi connectivity index (χ0v) is 12.0. The quantitative estimate of drug-likeness (QED) is 0.772. The highest BCUT2D eigenvalue weighted by molar-refractivity contribution is 5.76. The lowest BCUT2D eigenvalue weighted by molar-refractivity contribution is -0.122. The molecule has 0 aliphatic rings. The van der Waals surface area contributed by atoms with Crippen LogP contribution in [0, 0.1) is 6.92 Å². The average Bonchev–Trinajstić information content (AvgIpc) is 2.49. The van der Waals surface area contributed by atoms with Gasteiger partial charge in [0, 0.05) is 43.9 Å². The maximum atomic E-state index is 11.6. The first-order valence-electron chi connectivity index (χ1n) is 6.29. The van der Waals surface area contributed by atoms with Crippen molar-refractivity contribution < 1.29 is 4.79 Å². The van der Waals surface area contributed by atoms with Gasteiger partial charge in [-0.2, -0.15) is 5.10 Å². The summed E-state index contributed by atoms with van der Waals surface area (Å²) in [5.74, 6) is 0.0814. The van der Waals surface area contributed by atoms with Crippen molar-refractivity contribution in [2.24, 2.45) is 7.05 Å². The Bertz CT molecular complexity index is 404. The molecular formula is C13H24N4O. The van der Waals surface area contributed by atoms with Crippen LogP contribution in [0.2, 0.25) is 0 Å². The van der Waals surface area contributed by atoms with E-state index in [2.05, 4.69) is 15.7 Å². The number of carbonyl (C=O) groups excluding carboxylic acids is 1. The molecule has 5 heteroatoms. The summed E-state index contributed by atoms with van der Waals surface area (Å²) in [6.45, 7) is 9.37. The Morgan fingerprint density at radius 3 is 2.61 bits per heavy atom. The van der Waals surface area contributed by atoms with Gasteiger partial charge in [-0.1, -0.05) is 0 Å². The molecule has 0 aliphatic heterocycles. The lowest BCUT2D eigenvalue weighted by Crippen LogP contribution is -2.41. The number of nitrogens with one attached hydrogen (secondary N) is 2. The Labute approximate surface area is 109 Å². The lowest BCUT2D eigenvalue weighted by Gasteiger charge is -2.20. The molecule has 0 radical (unpaired) electrons. The van der Waals surface area contributed by atoms with Gasteiger partial charge in [0.1, 0.15) is 0 Å². The predicted octanol–water partition coefficient (Wildman–Crippen LogP) is 1.12. The molecule has 0 saturated heterocycles. The second kappa shape index (κ2) is 6.00. The number of rotatable bonds is 5. The van der Waals surface area contributed by atoms with E-state index >= 15 is 0 Å². The van der Waals surface area contributed by atoms with E-state index in [1.165, 1.54) is 5.56 Å². The van der Waals surface area contributed by atoms with E-state index in [1.54, 1.807) is 4.68 Å². The molecule has 2 N–H and O–H groups in total. The van der Waals surface area contributed by atoms with Crippen molar-refractivity contribution in [3.63, 3.8) is 0 Å². The van der Waals surface area contributed by atoms with Gasteiger partial charge in [-0.3, -0.25) is 9.48 Å². The highest BCUT2D eigenvalue weighted by Crippen LogP contribution is 2.03. The van der Waals surface area contributed by atoms with Crippen LogP contribution >= 0.6 is 0 Å². The molecule has 0 saturated carbocycles. The zero-order chi connectivity index (χ0) is 13.8. The molecule has 0 spiro atoms. The maximum absolute atomic E-state index is 11.6. The first-order chi connectivity index (χ1) is 8.28. The van der Waals surface area contributed by atoms with Crippen molar-refractivity contribution in [1.29, 1.82) is 0 Å². The SMILES string of the molecule is Cc1nn(C)cc1CNCCC(=O)NC(C)(C)C. The van der Waals surface area contributed by atoms with Crippen molar-refractivity contribution in [3.8, 4) is 0 Å². The molecule has 102 valence electrons. The summed E-state index contributed by atoms with van der Waals surface area (Å²) in [5, 5.41) is 10.5. The van der Waals surface area contributed by atoms with Crippen LogP contribution in [0.5, 0.6) is 0 Å². The van der Waals surface area contributed by atoms with Gasteiger partial charge in [0.05, 0.1) is 5.69 Å². The first kappa shape index (κ1) is 14.7. The molecule has 1 amide bonds. The van der Waals surface area contributed by atoms with E-state index in [1.807, 2.05) is 40.9 Å². The van der Waals surface area contributed by atoms with Crippen molar-refractivity contribution in [1.82, 2.24) is 20.4 Å². The molecular weight excluding hydrogens is 228 g/mol. The van der Waals surface area contributed by atoms with Crippen molar-refractivity contribution >= 4 is 5.91 Å². The minimum Gasteiger partial charge on any atom is -0.351 e. The fourth-order valence-electron chi connectivity index (χ4n) is 1.73. The van der Waals surface area contributed by atoms with E-state index in [0.29, 0.717) is 13.0 Å². The third kappa shape index (κ3) is 5.31. The molecule has 1 aromatic rings. The number of carbonyl (C=O) groups is 1. The number of hydrogen-bond donors (Lipinski definition) is 2. The Morgan fingerprint density at radius 2 is 2.11 bits per heavy atom. The van der Waals surface area contributed by atoms with Gasteiger partial charge in [0.15, 0.2) is 0 Å². The van der Waals surface area contributed by atoms with Crippen LogP contribution in [0.4, 0.5) is 0 Å². The van der Waals surface area contributed by atoms with E-state index in [0.717, 1.165) is 12.2 Å². The average molecular weight is 252 g/mol. The summed E-state index contributed by atoms with van der Waals surface area (Å²) in [5.41, 5.74) is 2.05. The first-order valence-corrected chi connectivity index (χ1v) is 6.29. The molecule has 0 unspecified atom stereocenters. The fourth-order valence-corrected chi connectivity index (χ4v) is 1.73. The van der Waals surface area contributed by atoms with E-state index in [-0.39, 0.29) is 11.4 Å². The van der Waals surface area contributed by atoms with Gasteiger partial charge < -0.3 is 10.6 Å². The van der Waals surface area contributed by atoms with Gasteiger partial charge in [-0.15, -0.1) is 0 Å². The molecule has 0 aromatic carbocycles. The molecule has 0 aliphatic carbocycles. The third-order valence-electron chi connectivity index (χ3n) is 2.47. The fraction of sp³-hybridized carbons (Fsp3) is 0.692. The molecule has 5 nitrogen and oxygen atoms in total. The monoisotopic (exact) mass is 252 g/mol. The predicted molar refractivity (Wildman–Crippen MR) is 72.2 cm³/mol. The van der Waals surface area contributed by atoms with Gasteiger partial charge in [-0.25, -0.2) is 0 Å². The summed E-state index contributed by atoms with van der Waals surface area (Å²) < 4.78 is 1.80. The number of aromatic nitrogens is 2. The van der Waals surface area contributed by atoms with Crippen LogP contribution in [0.1, 0.15) is 38.4 Å². The minimum absolute atomic E-state index is 0.0814. The highest BCUT2D eigenvalue weighted by atomic mass is 16.1. The molecule has 1 aromatic heterocycles. The van der Waals surface area contributed by atoms with Gasteiger partial charge >= 0.3 is 0 Å². The van der Waals surface area contributed by atoms with E-state index in [4.69, 9.17) is 0 Å². The molecule has 0 fully saturated rings. The molecule has 18 heavy (non-hydrogen) atoms. The Hall–Kier alpha value is -1.36. The lowest BCUT2D eigenvalue weighted by atomic mass is 10.1. The number of amides is 1. The topological polar surface area (TPSA) is 59.0 Å². The Balaban J connectivity index is 2.23. The third-order valence-corrected chi connectivity index (χ3v) is 2.47. The summed E-state index contributed by atoms with van der Waals surface area (Å²) >= 11 is 0. The molecule has 1 heterocycles. The largest absolute Gasteiger partial charge is 0.351 e. The second-order valence-electron chi connectivity index (χ2n) is 5.64. The number of aryl methyl sites for hydroxylation is 2. The van der Waals surface area contributed by atoms with Crippen LogP contribution in [0.3, 0.4) is 0 Å². The Morgan fingerprint density at radius 1 is 1.44 bits per heavy atom. The normalized spacial score (nSPS) is 11.6. The minimum atomic E-state index is -0.156. The van der Waals surface area contributed by atoms with Crippen molar-refractivity contribution in [2.45, 2.75) is 46.2 Å². The summed E-state index contributed by atoms with van der Waals surface area (Å²) in [7, 11) is 1.91. The molecule has 0 bridgehead atoms. The zero-order valence-electron chi connectivity index (χ0n) is 12.0. The standard InChI is InChI=1S/C13H24N4O/c1-10-11(9-17(5)16-10)8-14-7-6-12(18)15-13(2,3)4/h9,14H,6-8H2,1-5H3,(H,15,18). The van der Waals surface area contributed by atoms with Crippen LogP contribution < -0.4 is 10.6 Å². The summed E-state index contributed by atoms with van der Waals surface area (Å²) in [6, 6.07) is 0. The summed E-state index contributed by atoms with van der Waals surface area (Å²) in [4.78, 5) is 11.6. The van der Waals surface area contributed by atoms with Crippen LogP contribution in [0.15, 0.2) is 6.20 Å². The van der Waals surface area contributed by atoms with E-state index in [9.17, 15) is 4.79 Å². The number of hydrogen-bond acceptors (Lipinski definition) is 3. The van der Waals surface area contributed by atoms with Gasteiger partial charge in [-0.05, 0) is 27.7 Å². The maximum Gasteiger partial charge on any atom is 0.221 e. The van der Waals surface area contributed by atoms with Crippen LogP contribution in [-0.4, -0.2) is 27.8 Å². The Kier molecular flexibility index (Phi) is 4.90. The van der Waals surface area contributed by atoms with Crippen molar-refractivity contribution in [3.05, 3.63) is 17.5 Å².